The van der Waals surface area contributed by atoms with E-state index >= 15 is 0 Å². The number of nitrogens with zero attached hydrogens (tertiary/aromatic N) is 1. The molecule has 1 heterocycles. The molecule has 1 aromatic carbocycles. The van der Waals surface area contributed by atoms with E-state index in [9.17, 15) is 14.4 Å². The van der Waals surface area contributed by atoms with Crippen molar-refractivity contribution in [1.82, 2.24) is 5.32 Å². The molecule has 2 amide bonds. The maximum atomic E-state index is 11.9. The van der Waals surface area contributed by atoms with Crippen molar-refractivity contribution < 1.29 is 23.9 Å². The topological polar surface area (TPSA) is 94.1 Å². The number of carbonyl (C=O) groups excluding carboxylic acids is 3. The van der Waals surface area contributed by atoms with Crippen LogP contribution in [0.2, 0.25) is 5.02 Å². The molecule has 0 saturated carbocycles. The molecule has 1 aliphatic rings. The Kier molecular flexibility index (Phi) is 6.22. The van der Waals surface area contributed by atoms with E-state index in [0.717, 1.165) is 11.8 Å². The van der Waals surface area contributed by atoms with Crippen LogP contribution in [0.15, 0.2) is 22.0 Å². The first-order chi connectivity index (χ1) is 11.8. The van der Waals surface area contributed by atoms with Gasteiger partial charge >= 0.3 is 5.97 Å². The normalized spacial score (nSPS) is 15.1. The smallest absolute Gasteiger partial charge is 0.308 e. The summed E-state index contributed by atoms with van der Waals surface area (Å²) in [6, 6.07) is 3.14. The highest BCUT2D eigenvalue weighted by molar-refractivity contribution is 8.18. The van der Waals surface area contributed by atoms with E-state index in [1.165, 1.54) is 13.8 Å². The Morgan fingerprint density at radius 1 is 1.36 bits per heavy atom. The second-order valence-electron chi connectivity index (χ2n) is 4.87. The Morgan fingerprint density at radius 3 is 2.68 bits per heavy atom. The summed E-state index contributed by atoms with van der Waals surface area (Å²) in [5.41, 5.74) is 0.569. The van der Waals surface area contributed by atoms with E-state index in [-0.39, 0.29) is 27.6 Å². The molecule has 0 spiro atoms. The number of hydrogen-bond acceptors (Lipinski definition) is 6. The number of amidine groups is 1. The highest BCUT2D eigenvalue weighted by Crippen LogP contribution is 2.38. The average Bonchev–Trinajstić information content (AvgIpc) is 2.81. The molecule has 0 bridgehead atoms. The molecule has 0 fully saturated rings. The van der Waals surface area contributed by atoms with Gasteiger partial charge in [-0.3, -0.25) is 14.4 Å². The lowest BCUT2D eigenvalue weighted by Crippen LogP contribution is -2.23. The van der Waals surface area contributed by atoms with Gasteiger partial charge in [-0.15, -0.1) is 0 Å². The van der Waals surface area contributed by atoms with Crippen molar-refractivity contribution in [2.75, 3.05) is 6.61 Å². The molecule has 9 heteroatoms. The van der Waals surface area contributed by atoms with E-state index in [1.54, 1.807) is 25.1 Å². The van der Waals surface area contributed by atoms with Crippen molar-refractivity contribution in [3.05, 3.63) is 27.6 Å². The highest BCUT2D eigenvalue weighted by Gasteiger charge is 2.23. The summed E-state index contributed by atoms with van der Waals surface area (Å²) in [7, 11) is 0. The third-order valence-electron chi connectivity index (χ3n) is 2.78. The van der Waals surface area contributed by atoms with Crippen LogP contribution >= 0.6 is 23.4 Å². The number of amides is 2. The molecule has 0 atom stereocenters. The molecule has 2 rings (SSSR count). The summed E-state index contributed by atoms with van der Waals surface area (Å²) in [5, 5.41) is 2.86. The second-order valence-corrected chi connectivity index (χ2v) is 6.31. The van der Waals surface area contributed by atoms with Gasteiger partial charge in [0.25, 0.3) is 5.91 Å². The van der Waals surface area contributed by atoms with Crippen LogP contribution in [0.4, 0.5) is 0 Å². The van der Waals surface area contributed by atoms with E-state index < -0.39 is 11.9 Å². The lowest BCUT2D eigenvalue weighted by atomic mass is 10.2. The molecule has 1 aromatic rings. The van der Waals surface area contributed by atoms with Crippen LogP contribution in [0.1, 0.15) is 26.3 Å². The Labute approximate surface area is 153 Å². The van der Waals surface area contributed by atoms with Gasteiger partial charge in [-0.2, -0.15) is 4.99 Å². The molecule has 1 aliphatic heterocycles. The van der Waals surface area contributed by atoms with Gasteiger partial charge in [-0.1, -0.05) is 11.6 Å². The van der Waals surface area contributed by atoms with Crippen molar-refractivity contribution in [2.45, 2.75) is 20.8 Å². The predicted molar refractivity (Wildman–Crippen MR) is 95.8 cm³/mol. The largest absolute Gasteiger partial charge is 0.490 e. The standard InChI is InChI=1S/C16H15ClN2O5S/c1-4-23-12-6-10(5-11(17)14(12)24-9(3)21)7-13-15(22)19-16(25-13)18-8(2)20/h5-7H,4H2,1-3H3,(H,18,19,20,22). The highest BCUT2D eigenvalue weighted by atomic mass is 35.5. The van der Waals surface area contributed by atoms with Crippen LogP contribution in [0, 0.1) is 0 Å². The molecule has 0 aromatic heterocycles. The van der Waals surface area contributed by atoms with E-state index in [4.69, 9.17) is 21.1 Å². The van der Waals surface area contributed by atoms with Gasteiger partial charge in [0.2, 0.25) is 5.91 Å². The fourth-order valence-electron chi connectivity index (χ4n) is 1.94. The van der Waals surface area contributed by atoms with Crippen LogP contribution in [0.5, 0.6) is 11.5 Å². The summed E-state index contributed by atoms with van der Waals surface area (Å²) >= 11 is 7.21. The van der Waals surface area contributed by atoms with E-state index in [1.807, 2.05) is 0 Å². The molecule has 0 saturated heterocycles. The third kappa shape index (κ3) is 5.07. The van der Waals surface area contributed by atoms with Crippen LogP contribution in [-0.4, -0.2) is 29.6 Å². The second kappa shape index (κ2) is 8.17. The average molecular weight is 383 g/mol. The maximum absolute atomic E-state index is 11.9. The summed E-state index contributed by atoms with van der Waals surface area (Å²) in [6.45, 7) is 4.71. The summed E-state index contributed by atoms with van der Waals surface area (Å²) in [6.07, 6.45) is 1.57. The Bertz CT molecular complexity index is 804. The number of carbonyl (C=O) groups is 3. The first-order valence-electron chi connectivity index (χ1n) is 7.25. The Hall–Kier alpha value is -2.32. The first kappa shape index (κ1) is 19.0. The van der Waals surface area contributed by atoms with Crippen LogP contribution < -0.4 is 14.8 Å². The lowest BCUT2D eigenvalue weighted by molar-refractivity contribution is -0.132. The third-order valence-corrected chi connectivity index (χ3v) is 3.96. The number of ether oxygens (including phenoxy) is 2. The van der Waals surface area contributed by atoms with Crippen LogP contribution in [0.3, 0.4) is 0 Å². The fourth-order valence-corrected chi connectivity index (χ4v) is 3.06. The Balaban J connectivity index is 2.33. The zero-order chi connectivity index (χ0) is 18.6. The summed E-state index contributed by atoms with van der Waals surface area (Å²) in [4.78, 5) is 38.2. The maximum Gasteiger partial charge on any atom is 0.308 e. The quantitative estimate of drug-likeness (QED) is 0.489. The molecule has 25 heavy (non-hydrogen) atoms. The molecular formula is C16H15ClN2O5S. The van der Waals surface area contributed by atoms with Crippen molar-refractivity contribution in [1.29, 1.82) is 0 Å². The minimum absolute atomic E-state index is 0.124. The first-order valence-corrected chi connectivity index (χ1v) is 8.44. The zero-order valence-corrected chi connectivity index (χ0v) is 15.3. The molecule has 0 unspecified atom stereocenters. The van der Waals surface area contributed by atoms with E-state index in [2.05, 4.69) is 10.3 Å². The van der Waals surface area contributed by atoms with Gasteiger partial charge < -0.3 is 14.8 Å². The molecule has 0 aliphatic carbocycles. The number of rotatable bonds is 4. The summed E-state index contributed by atoms with van der Waals surface area (Å²) < 4.78 is 10.5. The van der Waals surface area contributed by atoms with Crippen LogP contribution in [-0.2, 0) is 14.4 Å². The van der Waals surface area contributed by atoms with Gasteiger partial charge in [0.15, 0.2) is 16.7 Å². The van der Waals surface area contributed by atoms with Crippen molar-refractivity contribution >= 4 is 52.4 Å². The molecule has 132 valence electrons. The number of esters is 1. The number of hydrogen-bond donors (Lipinski definition) is 1. The molecule has 0 radical (unpaired) electrons. The van der Waals surface area contributed by atoms with Crippen molar-refractivity contribution in [3.63, 3.8) is 0 Å². The van der Waals surface area contributed by atoms with Crippen molar-refractivity contribution in [3.8, 4) is 11.5 Å². The molecular weight excluding hydrogens is 368 g/mol. The zero-order valence-electron chi connectivity index (χ0n) is 13.7. The number of halogens is 1. The SMILES string of the molecule is CCOc1cc(C=C2SC(NC(C)=O)=NC2=O)cc(Cl)c1OC(C)=O. The van der Waals surface area contributed by atoms with Crippen molar-refractivity contribution in [2.24, 2.45) is 4.99 Å². The number of nitrogens with one attached hydrogen (secondary N) is 1. The lowest BCUT2D eigenvalue weighted by Gasteiger charge is -2.12. The van der Waals surface area contributed by atoms with Gasteiger partial charge in [0.1, 0.15) is 0 Å². The molecule has 7 nitrogen and oxygen atoms in total. The molecule has 1 N–H and O–H groups in total. The minimum Gasteiger partial charge on any atom is -0.490 e. The predicted octanol–water partition coefficient (Wildman–Crippen LogP) is 2.77. The van der Waals surface area contributed by atoms with Gasteiger partial charge in [0.05, 0.1) is 16.5 Å². The minimum atomic E-state index is -0.524. The Morgan fingerprint density at radius 2 is 2.08 bits per heavy atom. The van der Waals surface area contributed by atoms with Gasteiger partial charge in [-0.05, 0) is 42.5 Å². The van der Waals surface area contributed by atoms with Gasteiger partial charge in [-0.25, -0.2) is 0 Å². The number of aliphatic imine (C=N–C) groups is 1. The number of thioether (sulfide) groups is 1. The monoisotopic (exact) mass is 382 g/mol. The van der Waals surface area contributed by atoms with Gasteiger partial charge in [0, 0.05) is 13.8 Å². The van der Waals surface area contributed by atoms with Crippen LogP contribution in [0.25, 0.3) is 6.08 Å². The number of benzene rings is 1. The van der Waals surface area contributed by atoms with E-state index in [0.29, 0.717) is 17.1 Å². The fraction of sp³-hybridized carbons (Fsp3) is 0.250. The summed E-state index contributed by atoms with van der Waals surface area (Å²) in [5.74, 6) is -0.891.